The molecule has 0 spiro atoms. The second-order valence-corrected chi connectivity index (χ2v) is 6.33. The van der Waals surface area contributed by atoms with E-state index in [1.165, 1.54) is 11.3 Å². The van der Waals surface area contributed by atoms with Crippen LogP contribution in [-0.4, -0.2) is 16.3 Å². The second kappa shape index (κ2) is 7.10. The molecule has 114 valence electrons. The Balaban J connectivity index is 2.13. The largest absolute Gasteiger partial charge is 0.312 e. The molecular weight excluding hydrogens is 282 g/mol. The molecule has 0 fully saturated rings. The smallest absolute Gasteiger partial charge is 0.0677 e. The van der Waals surface area contributed by atoms with Crippen LogP contribution in [0.2, 0.25) is 5.02 Å². The highest BCUT2D eigenvalue weighted by atomic mass is 35.5. The average Bonchev–Trinajstić information content (AvgIpc) is 2.68. The lowest BCUT2D eigenvalue weighted by Crippen LogP contribution is -2.19. The Hall–Kier alpha value is -1.32. The molecule has 3 nitrogen and oxygen atoms in total. The predicted molar refractivity (Wildman–Crippen MR) is 88.8 cm³/mol. The van der Waals surface area contributed by atoms with Gasteiger partial charge in [-0.25, -0.2) is 0 Å². The van der Waals surface area contributed by atoms with E-state index in [0.717, 1.165) is 35.9 Å². The van der Waals surface area contributed by atoms with Crippen LogP contribution in [0, 0.1) is 19.8 Å². The van der Waals surface area contributed by atoms with Gasteiger partial charge in [0.1, 0.15) is 0 Å². The molecule has 0 atom stereocenters. The average molecular weight is 306 g/mol. The summed E-state index contributed by atoms with van der Waals surface area (Å²) in [6, 6.07) is 7.94. The Kier molecular flexibility index (Phi) is 5.43. The molecule has 1 N–H and O–H groups in total. The van der Waals surface area contributed by atoms with Crippen molar-refractivity contribution in [3.8, 4) is 0 Å². The molecule has 0 aliphatic heterocycles. The minimum Gasteiger partial charge on any atom is -0.312 e. The Bertz CT molecular complexity index is 602. The fourth-order valence-corrected chi connectivity index (χ4v) is 2.61. The van der Waals surface area contributed by atoms with E-state index in [0.29, 0.717) is 5.92 Å². The van der Waals surface area contributed by atoms with Crippen LogP contribution in [0.4, 0.5) is 0 Å². The van der Waals surface area contributed by atoms with Crippen molar-refractivity contribution in [2.45, 2.75) is 40.8 Å². The van der Waals surface area contributed by atoms with E-state index in [-0.39, 0.29) is 0 Å². The van der Waals surface area contributed by atoms with Gasteiger partial charge in [0.15, 0.2) is 0 Å². The Labute approximate surface area is 132 Å². The summed E-state index contributed by atoms with van der Waals surface area (Å²) in [5.74, 6) is 0.656. The third kappa shape index (κ3) is 4.08. The van der Waals surface area contributed by atoms with Gasteiger partial charge in [0.2, 0.25) is 0 Å². The van der Waals surface area contributed by atoms with E-state index in [2.05, 4.69) is 44.2 Å². The lowest BCUT2D eigenvalue weighted by Gasteiger charge is -2.09. The van der Waals surface area contributed by atoms with Crippen molar-refractivity contribution in [2.75, 3.05) is 6.54 Å². The topological polar surface area (TPSA) is 29.9 Å². The molecule has 0 saturated carbocycles. The minimum atomic E-state index is 0.656. The summed E-state index contributed by atoms with van der Waals surface area (Å²) in [6.07, 6.45) is 0. The van der Waals surface area contributed by atoms with Crippen molar-refractivity contribution in [1.82, 2.24) is 15.1 Å². The van der Waals surface area contributed by atoms with Crippen LogP contribution in [0.5, 0.6) is 0 Å². The van der Waals surface area contributed by atoms with Crippen LogP contribution in [0.25, 0.3) is 0 Å². The third-order valence-electron chi connectivity index (χ3n) is 3.66. The zero-order chi connectivity index (χ0) is 15.4. The van der Waals surface area contributed by atoms with Crippen LogP contribution in [-0.2, 0) is 13.1 Å². The summed E-state index contributed by atoms with van der Waals surface area (Å²) in [7, 11) is 0. The van der Waals surface area contributed by atoms with Gasteiger partial charge in [0, 0.05) is 22.8 Å². The number of hydrogen-bond donors (Lipinski definition) is 1. The molecule has 21 heavy (non-hydrogen) atoms. The summed E-state index contributed by atoms with van der Waals surface area (Å²) in [4.78, 5) is 0. The number of halogens is 1. The number of aromatic nitrogens is 2. The summed E-state index contributed by atoms with van der Waals surface area (Å²) in [6.45, 7) is 11.2. The number of hydrogen-bond acceptors (Lipinski definition) is 2. The minimum absolute atomic E-state index is 0.656. The first kappa shape index (κ1) is 16.1. The monoisotopic (exact) mass is 305 g/mol. The van der Waals surface area contributed by atoms with Crippen molar-refractivity contribution < 1.29 is 0 Å². The van der Waals surface area contributed by atoms with Gasteiger partial charge in [-0.1, -0.05) is 43.6 Å². The second-order valence-electron chi connectivity index (χ2n) is 5.92. The van der Waals surface area contributed by atoms with Crippen molar-refractivity contribution in [2.24, 2.45) is 5.92 Å². The molecule has 1 aromatic carbocycles. The van der Waals surface area contributed by atoms with Gasteiger partial charge < -0.3 is 5.32 Å². The van der Waals surface area contributed by atoms with Gasteiger partial charge in [-0.3, -0.25) is 4.68 Å². The first-order chi connectivity index (χ1) is 9.99. The standard InChI is InChI=1S/C17H24ClN3/c1-12(2)9-19-10-16-13(3)20-21(14(16)4)11-15-7-5-6-8-17(15)18/h5-8,12,19H,9-11H2,1-4H3. The van der Waals surface area contributed by atoms with Crippen molar-refractivity contribution in [3.63, 3.8) is 0 Å². The molecule has 2 aromatic rings. The Morgan fingerprint density at radius 1 is 1.24 bits per heavy atom. The van der Waals surface area contributed by atoms with E-state index in [4.69, 9.17) is 11.6 Å². The molecule has 0 bridgehead atoms. The number of benzene rings is 1. The van der Waals surface area contributed by atoms with E-state index in [1.807, 2.05) is 22.9 Å². The quantitative estimate of drug-likeness (QED) is 0.876. The first-order valence-electron chi connectivity index (χ1n) is 7.46. The van der Waals surface area contributed by atoms with E-state index in [1.54, 1.807) is 0 Å². The van der Waals surface area contributed by atoms with Gasteiger partial charge in [-0.2, -0.15) is 5.10 Å². The highest BCUT2D eigenvalue weighted by molar-refractivity contribution is 6.31. The summed E-state index contributed by atoms with van der Waals surface area (Å²) >= 11 is 6.24. The highest BCUT2D eigenvalue weighted by Crippen LogP contribution is 2.19. The predicted octanol–water partition coefficient (Wildman–Crippen LogP) is 3.95. The maximum absolute atomic E-state index is 6.24. The van der Waals surface area contributed by atoms with Gasteiger partial charge in [0.25, 0.3) is 0 Å². The van der Waals surface area contributed by atoms with Crippen LogP contribution in [0.1, 0.15) is 36.4 Å². The fraction of sp³-hybridized carbons (Fsp3) is 0.471. The number of nitrogens with one attached hydrogen (secondary N) is 1. The number of rotatable bonds is 6. The summed E-state index contributed by atoms with van der Waals surface area (Å²) in [5.41, 5.74) is 4.70. The first-order valence-corrected chi connectivity index (χ1v) is 7.83. The van der Waals surface area contributed by atoms with Crippen molar-refractivity contribution in [1.29, 1.82) is 0 Å². The lowest BCUT2D eigenvalue weighted by molar-refractivity contribution is 0.550. The Morgan fingerprint density at radius 3 is 2.62 bits per heavy atom. The molecule has 0 saturated heterocycles. The third-order valence-corrected chi connectivity index (χ3v) is 4.03. The van der Waals surface area contributed by atoms with Crippen LogP contribution >= 0.6 is 11.6 Å². The van der Waals surface area contributed by atoms with E-state index >= 15 is 0 Å². The molecule has 0 aliphatic rings. The van der Waals surface area contributed by atoms with Gasteiger partial charge in [-0.05, 0) is 37.9 Å². The van der Waals surface area contributed by atoms with Crippen LogP contribution in [0.15, 0.2) is 24.3 Å². The molecule has 0 radical (unpaired) electrons. The number of nitrogens with zero attached hydrogens (tertiary/aromatic N) is 2. The maximum Gasteiger partial charge on any atom is 0.0677 e. The zero-order valence-electron chi connectivity index (χ0n) is 13.3. The molecule has 0 aliphatic carbocycles. The van der Waals surface area contributed by atoms with Crippen LogP contribution < -0.4 is 5.32 Å². The molecule has 2 rings (SSSR count). The maximum atomic E-state index is 6.24. The highest BCUT2D eigenvalue weighted by Gasteiger charge is 2.12. The lowest BCUT2D eigenvalue weighted by atomic mass is 10.1. The fourth-order valence-electron chi connectivity index (χ4n) is 2.42. The molecular formula is C17H24ClN3. The van der Waals surface area contributed by atoms with Crippen molar-refractivity contribution >= 4 is 11.6 Å². The summed E-state index contributed by atoms with van der Waals surface area (Å²) in [5, 5.41) is 8.95. The van der Waals surface area contributed by atoms with Crippen LogP contribution in [0.3, 0.4) is 0 Å². The van der Waals surface area contributed by atoms with Gasteiger partial charge in [-0.15, -0.1) is 0 Å². The van der Waals surface area contributed by atoms with Crippen molar-refractivity contribution in [3.05, 3.63) is 51.8 Å². The normalized spacial score (nSPS) is 11.3. The van der Waals surface area contributed by atoms with E-state index in [9.17, 15) is 0 Å². The zero-order valence-corrected chi connectivity index (χ0v) is 14.0. The molecule has 1 aromatic heterocycles. The number of aryl methyl sites for hydroxylation is 1. The molecule has 4 heteroatoms. The molecule has 1 heterocycles. The van der Waals surface area contributed by atoms with Gasteiger partial charge >= 0.3 is 0 Å². The molecule has 0 unspecified atom stereocenters. The molecule has 0 amide bonds. The van der Waals surface area contributed by atoms with Gasteiger partial charge in [0.05, 0.1) is 12.2 Å². The SMILES string of the molecule is Cc1nn(Cc2ccccc2Cl)c(C)c1CNCC(C)C. The Morgan fingerprint density at radius 2 is 1.95 bits per heavy atom. The van der Waals surface area contributed by atoms with E-state index < -0.39 is 0 Å². The summed E-state index contributed by atoms with van der Waals surface area (Å²) < 4.78 is 2.04.